The van der Waals surface area contributed by atoms with Gasteiger partial charge in [-0.2, -0.15) is 35.9 Å². The average Bonchev–Trinajstić information content (AvgIpc) is 3.63. The van der Waals surface area contributed by atoms with E-state index in [0.717, 1.165) is 32.7 Å². The molecule has 0 spiro atoms. The minimum Gasteiger partial charge on any atom is -0.213 e. The van der Waals surface area contributed by atoms with E-state index in [1.165, 1.54) is 134 Å². The topological polar surface area (TPSA) is 0 Å². The monoisotopic (exact) mass is 646 g/mol. The maximum absolute atomic E-state index is 6.53. The first-order valence-corrected chi connectivity index (χ1v) is 19.8. The van der Waals surface area contributed by atoms with E-state index in [-0.39, 0.29) is 32.9 Å². The van der Waals surface area contributed by atoms with E-state index >= 15 is 0 Å². The molecule has 0 amide bonds. The van der Waals surface area contributed by atoms with Gasteiger partial charge in [-0.25, -0.2) is 12.1 Å². The molecule has 4 saturated carbocycles. The van der Waals surface area contributed by atoms with E-state index in [2.05, 4.69) is 30.3 Å². The summed E-state index contributed by atoms with van der Waals surface area (Å²) in [4.78, 5) is 0. The zero-order chi connectivity index (χ0) is 26.2. The van der Waals surface area contributed by atoms with Crippen LogP contribution in [0.4, 0.5) is 0 Å². The molecule has 4 aliphatic rings. The molecule has 0 aromatic heterocycles. The fourth-order valence-corrected chi connectivity index (χ4v) is 16.3. The summed E-state index contributed by atoms with van der Waals surface area (Å²) in [6.45, 7) is 0. The summed E-state index contributed by atoms with van der Waals surface area (Å²) in [7, 11) is 0.0365. The summed E-state index contributed by atoms with van der Waals surface area (Å²) in [5.74, 6) is 0. The van der Waals surface area contributed by atoms with Gasteiger partial charge in [0.15, 0.2) is 0 Å². The number of hydrogen-bond acceptors (Lipinski definition) is 0. The van der Waals surface area contributed by atoms with Gasteiger partial charge in [0.25, 0.3) is 0 Å². The second-order valence-corrected chi connectivity index (χ2v) is 18.8. The van der Waals surface area contributed by atoms with Gasteiger partial charge in [-0.05, 0) is 74.0 Å². The first kappa shape index (κ1) is 32.6. The third kappa shape index (κ3) is 8.84. The molecule has 0 aliphatic heterocycles. The van der Waals surface area contributed by atoms with Gasteiger partial charge < -0.3 is 0 Å². The van der Waals surface area contributed by atoms with Crippen LogP contribution in [0, 0.1) is 0 Å². The largest absolute Gasteiger partial charge is 2.00 e. The minimum absolute atomic E-state index is 0. The van der Waals surface area contributed by atoms with Crippen LogP contribution < -0.4 is 10.6 Å². The minimum atomic E-state index is -0.108. The number of hydrogen-bond donors (Lipinski definition) is 0. The zero-order valence-corrected chi connectivity index (χ0v) is 28.3. The Morgan fingerprint density at radius 3 is 1.21 bits per heavy atom. The van der Waals surface area contributed by atoms with Crippen molar-refractivity contribution in [3.05, 3.63) is 46.4 Å². The fraction of sp³-hybridized carbons (Fsp3) is 0.706. The average molecular weight is 647 g/mol. The summed E-state index contributed by atoms with van der Waals surface area (Å²) in [5.41, 5.74) is 3.91. The van der Waals surface area contributed by atoms with Crippen molar-refractivity contribution < 1.29 is 17.1 Å². The Morgan fingerprint density at radius 2 is 0.872 bits per heavy atom. The van der Waals surface area contributed by atoms with Gasteiger partial charge in [-0.15, -0.1) is 38.1 Å². The van der Waals surface area contributed by atoms with Crippen molar-refractivity contribution in [2.75, 3.05) is 0 Å². The third-order valence-electron chi connectivity index (χ3n) is 9.92. The SMILES string of the molecule is Clc1cc[c-](P(C2CCCCC2)C2CCCCC2)c1Cl.[Fe+2].c1cc[c-](P(C2CCCCC2)C2CCCCC2)c1. The Bertz CT molecular complexity index is 881. The van der Waals surface area contributed by atoms with Gasteiger partial charge in [0.1, 0.15) is 0 Å². The first-order valence-electron chi connectivity index (χ1n) is 16.1. The molecule has 39 heavy (non-hydrogen) atoms. The van der Waals surface area contributed by atoms with E-state index < -0.39 is 0 Å². The molecule has 0 nitrogen and oxygen atoms in total. The van der Waals surface area contributed by atoms with Gasteiger partial charge in [0.2, 0.25) is 0 Å². The normalized spacial score (nSPS) is 22.5. The van der Waals surface area contributed by atoms with Gasteiger partial charge in [-0.3, -0.25) is 0 Å². The Hall–Kier alpha value is 0.659. The van der Waals surface area contributed by atoms with Gasteiger partial charge in [-0.1, -0.05) is 87.1 Å². The number of rotatable bonds is 6. The van der Waals surface area contributed by atoms with Crippen molar-refractivity contribution in [1.82, 2.24) is 0 Å². The second-order valence-electron chi connectivity index (χ2n) is 12.5. The van der Waals surface area contributed by atoms with Crippen LogP contribution >= 0.6 is 39.0 Å². The molecule has 4 fully saturated rings. The summed E-state index contributed by atoms with van der Waals surface area (Å²) < 4.78 is 0. The van der Waals surface area contributed by atoms with Crippen LogP contribution in [0.1, 0.15) is 128 Å². The van der Waals surface area contributed by atoms with E-state index in [1.807, 2.05) is 6.07 Å². The Kier molecular flexibility index (Phi) is 14.3. The maximum Gasteiger partial charge on any atom is 2.00 e. The van der Waals surface area contributed by atoms with Crippen LogP contribution in [0.3, 0.4) is 0 Å². The van der Waals surface area contributed by atoms with Crippen LogP contribution in [0.2, 0.25) is 10.0 Å². The predicted molar refractivity (Wildman–Crippen MR) is 175 cm³/mol. The molecule has 0 heterocycles. The van der Waals surface area contributed by atoms with Crippen LogP contribution in [0.25, 0.3) is 0 Å². The van der Waals surface area contributed by atoms with E-state index in [9.17, 15) is 0 Å². The molecule has 2 aromatic carbocycles. The van der Waals surface area contributed by atoms with E-state index in [4.69, 9.17) is 23.2 Å². The van der Waals surface area contributed by atoms with Crippen LogP contribution in [0.5, 0.6) is 0 Å². The van der Waals surface area contributed by atoms with Gasteiger partial charge in [0, 0.05) is 0 Å². The molecular weight excluding hydrogens is 597 g/mol. The fourth-order valence-electron chi connectivity index (χ4n) is 8.00. The zero-order valence-electron chi connectivity index (χ0n) is 23.9. The number of halogens is 2. The maximum atomic E-state index is 6.53. The van der Waals surface area contributed by atoms with Crippen LogP contribution in [-0.2, 0) is 17.1 Å². The molecule has 0 N–H and O–H groups in total. The molecule has 2 aromatic rings. The summed E-state index contributed by atoms with van der Waals surface area (Å²) >= 11 is 12.8. The summed E-state index contributed by atoms with van der Waals surface area (Å²) in [6, 6.07) is 13.6. The molecule has 218 valence electrons. The standard InChI is InChI=1S/C17H24Cl2P.C17H26P.Fe/c18-15-11-12-16(17(15)19)20(13-7-3-1-4-8-13)14-9-5-2-6-10-14;1-3-9-15(10-4-1)18(17-13-7-8-14-17)16-11-5-2-6-12-16;/h11-14H,1-10H2;7-8,13-16H,1-6,9-12H2;/q2*-1;+2. The Morgan fingerprint density at radius 1 is 0.513 bits per heavy atom. The molecular formula is C34H50Cl2FeP2. The quantitative estimate of drug-likeness (QED) is 0.166. The van der Waals surface area contributed by atoms with E-state index in [0.29, 0.717) is 0 Å². The van der Waals surface area contributed by atoms with Crippen LogP contribution in [-0.4, -0.2) is 22.6 Å². The Labute approximate surface area is 262 Å². The smallest absolute Gasteiger partial charge is 0.213 e. The van der Waals surface area contributed by atoms with Crippen molar-refractivity contribution in [3.63, 3.8) is 0 Å². The third-order valence-corrected chi connectivity index (χ3v) is 17.9. The molecule has 0 unspecified atom stereocenters. The molecule has 6 rings (SSSR count). The summed E-state index contributed by atoms with van der Waals surface area (Å²) in [6.07, 6.45) is 29.3. The van der Waals surface area contributed by atoms with Crippen molar-refractivity contribution >= 4 is 49.7 Å². The molecule has 0 bridgehead atoms. The molecule has 0 saturated heterocycles. The van der Waals surface area contributed by atoms with Crippen molar-refractivity contribution in [1.29, 1.82) is 0 Å². The van der Waals surface area contributed by atoms with Gasteiger partial charge in [0.05, 0.1) is 0 Å². The predicted octanol–water partition coefficient (Wildman–Crippen LogP) is 11.7. The van der Waals surface area contributed by atoms with Crippen LogP contribution in [0.15, 0.2) is 36.4 Å². The first-order chi connectivity index (χ1) is 18.7. The molecule has 0 radical (unpaired) electrons. The van der Waals surface area contributed by atoms with Gasteiger partial charge >= 0.3 is 17.1 Å². The second kappa shape index (κ2) is 17.1. The van der Waals surface area contributed by atoms with Crippen molar-refractivity contribution in [3.8, 4) is 0 Å². The van der Waals surface area contributed by atoms with E-state index in [1.54, 1.807) is 5.30 Å². The Balaban J connectivity index is 0.000000177. The molecule has 4 aliphatic carbocycles. The summed E-state index contributed by atoms with van der Waals surface area (Å²) in [5, 5.41) is 4.78. The van der Waals surface area contributed by atoms with Crippen molar-refractivity contribution in [2.24, 2.45) is 0 Å². The molecule has 0 atom stereocenters. The molecule has 5 heteroatoms. The van der Waals surface area contributed by atoms with Crippen molar-refractivity contribution in [2.45, 2.75) is 151 Å².